The topological polar surface area (TPSA) is 37.3 Å². The number of rotatable bonds is 1. The lowest BCUT2D eigenvalue weighted by atomic mass is 9.66. The van der Waals surface area contributed by atoms with Crippen LogP contribution in [-0.2, 0) is 10.8 Å². The first-order valence-corrected chi connectivity index (χ1v) is 10.3. The van der Waals surface area contributed by atoms with Gasteiger partial charge in [-0.05, 0) is 45.5 Å². The molecule has 0 fully saturated rings. The minimum absolute atomic E-state index is 0.00951. The number of aldehydes is 1. The molecule has 2 nitrogen and oxygen atoms in total. The van der Waals surface area contributed by atoms with Crippen molar-refractivity contribution in [2.75, 3.05) is 0 Å². The summed E-state index contributed by atoms with van der Waals surface area (Å²) in [4.78, 5) is 11.9. The van der Waals surface area contributed by atoms with E-state index in [1.807, 2.05) is 37.5 Å². The second-order valence-corrected chi connectivity index (χ2v) is 9.74. The van der Waals surface area contributed by atoms with Crippen LogP contribution >= 0.6 is 0 Å². The molecule has 2 aromatic carbocycles. The maximum Gasteiger partial charge on any atom is 0.151 e. The molecule has 1 aliphatic rings. The molecule has 1 N–H and O–H groups in total. The van der Waals surface area contributed by atoms with Crippen molar-refractivity contribution in [3.8, 4) is 17.6 Å². The molecule has 1 aliphatic carbocycles. The molecule has 2 aromatic rings. The molecule has 3 rings (SSSR count). The predicted molar refractivity (Wildman–Crippen MR) is 134 cm³/mol. The zero-order valence-corrected chi connectivity index (χ0v) is 19.2. The number of benzene rings is 2. The van der Waals surface area contributed by atoms with E-state index in [4.69, 9.17) is 0 Å². The highest BCUT2D eigenvalue weighted by atomic mass is 16.3. The van der Waals surface area contributed by atoms with Gasteiger partial charge in [-0.2, -0.15) is 0 Å². The van der Waals surface area contributed by atoms with Gasteiger partial charge in [0.1, 0.15) is 37.1 Å². The van der Waals surface area contributed by atoms with Crippen molar-refractivity contribution >= 4 is 59.5 Å². The fourth-order valence-corrected chi connectivity index (χ4v) is 4.90. The molecule has 0 bridgehead atoms. The van der Waals surface area contributed by atoms with Gasteiger partial charge in [0, 0.05) is 16.7 Å². The van der Waals surface area contributed by atoms with Crippen molar-refractivity contribution in [2.24, 2.45) is 5.92 Å². The summed E-state index contributed by atoms with van der Waals surface area (Å²) in [6, 6.07) is 4.15. The molecule has 6 heteroatoms. The summed E-state index contributed by atoms with van der Waals surface area (Å²) in [6.07, 6.45) is 0.911. The second-order valence-electron chi connectivity index (χ2n) is 9.74. The highest BCUT2D eigenvalue weighted by Crippen LogP contribution is 2.53. The van der Waals surface area contributed by atoms with Gasteiger partial charge in [-0.25, -0.2) is 0 Å². The Morgan fingerprint density at radius 3 is 2.00 bits per heavy atom. The Morgan fingerprint density at radius 1 is 0.897 bits per heavy atom. The fraction of sp³-hybridized carbons (Fsp3) is 0.348. The Labute approximate surface area is 178 Å². The summed E-state index contributed by atoms with van der Waals surface area (Å²) in [5.41, 5.74) is 8.61. The van der Waals surface area contributed by atoms with E-state index in [0.29, 0.717) is 17.2 Å². The minimum atomic E-state index is 0.00951. The number of hydrogen-bond acceptors (Lipinski definition) is 2. The molecular formula is C23H28B4O2. The predicted octanol–water partition coefficient (Wildman–Crippen LogP) is -2.16. The minimum Gasteiger partial charge on any atom is -0.509 e. The Morgan fingerprint density at radius 2 is 1.45 bits per heavy atom. The number of hydrogen-bond donors (Lipinski definition) is 1. The molecule has 1 atom stereocenters. The van der Waals surface area contributed by atoms with E-state index >= 15 is 0 Å². The molecule has 0 aromatic heterocycles. The van der Waals surface area contributed by atoms with Crippen molar-refractivity contribution in [1.29, 1.82) is 0 Å². The van der Waals surface area contributed by atoms with E-state index in [9.17, 15) is 9.90 Å². The fourth-order valence-electron chi connectivity index (χ4n) is 4.90. The third-order valence-electron chi connectivity index (χ3n) is 7.78. The Balaban J connectivity index is 2.23. The summed E-state index contributed by atoms with van der Waals surface area (Å²) in [7, 11) is 7.87. The quantitative estimate of drug-likeness (QED) is 0.348. The summed E-state index contributed by atoms with van der Waals surface area (Å²) >= 11 is 0. The van der Waals surface area contributed by atoms with Crippen molar-refractivity contribution in [2.45, 2.75) is 45.4 Å². The van der Waals surface area contributed by atoms with E-state index in [2.05, 4.69) is 52.5 Å². The third kappa shape index (κ3) is 3.07. The van der Waals surface area contributed by atoms with Crippen LogP contribution in [0.2, 0.25) is 0 Å². The highest BCUT2D eigenvalue weighted by Gasteiger charge is 2.48. The van der Waals surface area contributed by atoms with E-state index < -0.39 is 0 Å². The standard InChI is InChI=1S/C23H28B4O2/c1-11-22(2,3)15-8-12(13(10-28)9-16(15)23(11,4)5)6-7-14-17(24)19(26)20(27)21(29)18(14)25/h8-11,29H,24-27H2,1-5H3. The highest BCUT2D eigenvalue weighted by molar-refractivity contribution is 6.61. The SMILES string of the molecule is Bc1c(B)c(O)c(B)c(C#Cc2cc3c(cc2C=O)C(C)(C)C(C)C3(C)C)c1B. The smallest absolute Gasteiger partial charge is 0.151 e. The Kier molecular flexibility index (Phi) is 5.11. The van der Waals surface area contributed by atoms with Gasteiger partial charge in [-0.3, -0.25) is 4.79 Å². The number of carbonyl (C=O) groups is 1. The first-order chi connectivity index (χ1) is 13.4. The number of carbonyl (C=O) groups excluding carboxylic acids is 1. The average Bonchev–Trinajstić information content (AvgIpc) is 2.81. The molecule has 0 saturated carbocycles. The van der Waals surface area contributed by atoms with Crippen LogP contribution in [0.5, 0.6) is 5.75 Å². The zero-order chi connectivity index (χ0) is 21.9. The third-order valence-corrected chi connectivity index (χ3v) is 7.78. The van der Waals surface area contributed by atoms with Crippen molar-refractivity contribution in [3.05, 3.63) is 39.9 Å². The average molecular weight is 380 g/mol. The zero-order valence-electron chi connectivity index (χ0n) is 19.2. The molecule has 0 heterocycles. The van der Waals surface area contributed by atoms with Crippen molar-refractivity contribution in [1.82, 2.24) is 0 Å². The molecule has 0 radical (unpaired) electrons. The number of phenols is 1. The van der Waals surface area contributed by atoms with Gasteiger partial charge >= 0.3 is 0 Å². The van der Waals surface area contributed by atoms with Crippen LogP contribution in [-0.4, -0.2) is 42.8 Å². The molecular weight excluding hydrogens is 351 g/mol. The summed E-state index contributed by atoms with van der Waals surface area (Å²) in [6.45, 7) is 11.4. The number of phenolic OH excluding ortho intramolecular Hbond substituents is 1. The van der Waals surface area contributed by atoms with Gasteiger partial charge in [0.05, 0.1) is 0 Å². The van der Waals surface area contributed by atoms with Gasteiger partial charge < -0.3 is 5.11 Å². The van der Waals surface area contributed by atoms with Crippen LogP contribution in [0.4, 0.5) is 0 Å². The van der Waals surface area contributed by atoms with Crippen molar-refractivity contribution < 1.29 is 9.90 Å². The molecule has 0 saturated heterocycles. The molecule has 29 heavy (non-hydrogen) atoms. The van der Waals surface area contributed by atoms with Gasteiger partial charge in [0.2, 0.25) is 0 Å². The van der Waals surface area contributed by atoms with Crippen molar-refractivity contribution in [3.63, 3.8) is 0 Å². The van der Waals surface area contributed by atoms with Gasteiger partial charge in [-0.15, -0.1) is 0 Å². The van der Waals surface area contributed by atoms with E-state index in [1.165, 1.54) is 11.1 Å². The Hall–Kier alpha value is -2.27. The summed E-state index contributed by atoms with van der Waals surface area (Å²) in [5.74, 6) is 7.27. The van der Waals surface area contributed by atoms with E-state index in [-0.39, 0.29) is 10.8 Å². The van der Waals surface area contributed by atoms with E-state index in [1.54, 1.807) is 0 Å². The van der Waals surface area contributed by atoms with E-state index in [0.717, 1.165) is 39.3 Å². The molecule has 0 aliphatic heterocycles. The van der Waals surface area contributed by atoms with Crippen LogP contribution in [0, 0.1) is 17.8 Å². The second kappa shape index (κ2) is 6.91. The first-order valence-electron chi connectivity index (χ1n) is 10.3. The lowest BCUT2D eigenvalue weighted by molar-refractivity contribution is 0.112. The lowest BCUT2D eigenvalue weighted by Crippen LogP contribution is -2.45. The maximum absolute atomic E-state index is 11.9. The van der Waals surface area contributed by atoms with Crippen LogP contribution in [0.15, 0.2) is 12.1 Å². The monoisotopic (exact) mass is 380 g/mol. The normalized spacial score (nSPS) is 18.6. The largest absolute Gasteiger partial charge is 0.509 e. The lowest BCUT2D eigenvalue weighted by Gasteiger charge is -2.32. The van der Waals surface area contributed by atoms with Gasteiger partial charge in [0.15, 0.2) is 6.29 Å². The van der Waals surface area contributed by atoms with Gasteiger partial charge in [0.25, 0.3) is 0 Å². The van der Waals surface area contributed by atoms with Gasteiger partial charge in [-0.1, -0.05) is 62.8 Å². The van der Waals surface area contributed by atoms with Crippen LogP contribution in [0.25, 0.3) is 0 Å². The molecule has 0 amide bonds. The summed E-state index contributed by atoms with van der Waals surface area (Å²) in [5, 5.41) is 10.4. The Bertz CT molecular complexity index is 1080. The molecule has 1 unspecified atom stereocenters. The molecule has 0 spiro atoms. The number of aromatic hydroxyl groups is 1. The summed E-state index contributed by atoms with van der Waals surface area (Å²) < 4.78 is 0. The molecule has 144 valence electrons. The first kappa shape index (κ1) is 21.4. The van der Waals surface area contributed by atoms with Crippen LogP contribution in [0.3, 0.4) is 0 Å². The maximum atomic E-state index is 11.9. The van der Waals surface area contributed by atoms with Crippen LogP contribution < -0.4 is 21.9 Å². The van der Waals surface area contributed by atoms with Crippen LogP contribution in [0.1, 0.15) is 67.2 Å². The number of fused-ring (bicyclic) bond motifs is 1.